The first kappa shape index (κ1) is 17.7. The van der Waals surface area contributed by atoms with E-state index >= 15 is 0 Å². The van der Waals surface area contributed by atoms with Crippen LogP contribution in [0.3, 0.4) is 0 Å². The fraction of sp³-hybridized carbons (Fsp3) is 0.471. The number of likely N-dealkylation sites (tertiary alicyclic amines) is 1. The largest absolute Gasteiger partial charge is 0.496 e. The maximum atomic E-state index is 13.2. The second-order valence-corrected chi connectivity index (χ2v) is 8.40. The topological polar surface area (TPSA) is 72.3 Å². The number of ether oxygens (including phenoxy) is 1. The molecule has 1 amide bonds. The van der Waals surface area contributed by atoms with E-state index in [0.717, 1.165) is 52.7 Å². The Labute approximate surface area is 164 Å². The van der Waals surface area contributed by atoms with Gasteiger partial charge in [-0.2, -0.15) is 0 Å². The van der Waals surface area contributed by atoms with Gasteiger partial charge in [-0.1, -0.05) is 17.8 Å². The molecule has 3 heterocycles. The van der Waals surface area contributed by atoms with Crippen LogP contribution in [0.4, 0.5) is 0 Å². The first-order valence-electron chi connectivity index (χ1n) is 8.56. The number of nitrogens with zero attached hydrogens (tertiary/aromatic N) is 4. The highest BCUT2D eigenvalue weighted by molar-refractivity contribution is 9.10. The number of amides is 1. The van der Waals surface area contributed by atoms with Crippen LogP contribution < -0.4 is 10.2 Å². The summed E-state index contributed by atoms with van der Waals surface area (Å²) in [6.45, 7) is 3.56. The van der Waals surface area contributed by atoms with E-state index in [1.165, 1.54) is 11.8 Å². The molecule has 2 aliphatic rings. The summed E-state index contributed by atoms with van der Waals surface area (Å²) >= 11 is 5.03. The summed E-state index contributed by atoms with van der Waals surface area (Å²) in [5, 5.41) is 8.78. The van der Waals surface area contributed by atoms with Gasteiger partial charge in [-0.3, -0.25) is 4.79 Å². The molecule has 26 heavy (non-hydrogen) atoms. The average molecular weight is 438 g/mol. The zero-order valence-corrected chi connectivity index (χ0v) is 17.0. The number of carbonyl (C=O) groups excluding carboxylic acids is 1. The highest BCUT2D eigenvalue weighted by Crippen LogP contribution is 2.40. The van der Waals surface area contributed by atoms with E-state index in [9.17, 15) is 4.79 Å². The molecule has 2 unspecified atom stereocenters. The zero-order valence-electron chi connectivity index (χ0n) is 14.6. The molecule has 1 saturated heterocycles. The number of carbonyl (C=O) groups is 1. The molecule has 138 valence electrons. The molecule has 0 spiro atoms. The molecule has 1 aromatic heterocycles. The fourth-order valence-electron chi connectivity index (χ4n) is 3.39. The number of rotatable bonds is 3. The van der Waals surface area contributed by atoms with Gasteiger partial charge < -0.3 is 15.1 Å². The molecule has 1 aromatic carbocycles. The van der Waals surface area contributed by atoms with E-state index in [4.69, 9.17) is 4.74 Å². The van der Waals surface area contributed by atoms with Crippen molar-refractivity contribution in [1.29, 1.82) is 0 Å². The van der Waals surface area contributed by atoms with Crippen LogP contribution in [0.2, 0.25) is 0 Å². The quantitative estimate of drug-likeness (QED) is 0.795. The molecule has 2 aromatic rings. The average Bonchev–Trinajstić information content (AvgIpc) is 3.30. The molecule has 0 aliphatic carbocycles. The number of aromatic nitrogens is 3. The number of thioether (sulfide) groups is 1. The van der Waals surface area contributed by atoms with E-state index in [-0.39, 0.29) is 17.2 Å². The number of fused-ring (bicyclic) bond motifs is 1. The maximum absolute atomic E-state index is 13.2. The van der Waals surface area contributed by atoms with E-state index in [1.54, 1.807) is 7.11 Å². The lowest BCUT2D eigenvalue weighted by Gasteiger charge is -2.34. The molecule has 0 saturated carbocycles. The van der Waals surface area contributed by atoms with Gasteiger partial charge in [0.2, 0.25) is 11.1 Å². The van der Waals surface area contributed by atoms with Crippen molar-refractivity contribution in [2.24, 2.45) is 0 Å². The molecule has 0 bridgehead atoms. The predicted molar refractivity (Wildman–Crippen MR) is 103 cm³/mol. The number of hydrogen-bond acceptors (Lipinski definition) is 6. The number of nitrogens with one attached hydrogen (secondary N) is 1. The van der Waals surface area contributed by atoms with Crippen LogP contribution >= 0.6 is 27.7 Å². The van der Waals surface area contributed by atoms with Crippen molar-refractivity contribution in [3.8, 4) is 5.75 Å². The predicted octanol–water partition coefficient (Wildman–Crippen LogP) is 2.74. The maximum Gasteiger partial charge on any atom is 0.238 e. The Bertz CT molecular complexity index is 837. The third kappa shape index (κ3) is 3.07. The van der Waals surface area contributed by atoms with Crippen LogP contribution in [0.25, 0.3) is 0 Å². The van der Waals surface area contributed by atoms with Crippen LogP contribution in [0.15, 0.2) is 27.8 Å². The van der Waals surface area contributed by atoms with Crippen molar-refractivity contribution in [3.63, 3.8) is 0 Å². The second-order valence-electron chi connectivity index (χ2n) is 6.44. The van der Waals surface area contributed by atoms with Crippen molar-refractivity contribution in [2.75, 3.05) is 25.6 Å². The SMILES string of the molecule is COc1ccc(C2Nn3c(C)nnc3SC2C(=O)N2CCCC2)cc1Br. The number of halogens is 1. The Morgan fingerprint density at radius 3 is 2.81 bits per heavy atom. The fourth-order valence-corrected chi connectivity index (χ4v) is 5.16. The monoisotopic (exact) mass is 437 g/mol. The first-order valence-corrected chi connectivity index (χ1v) is 10.2. The second kappa shape index (κ2) is 7.11. The summed E-state index contributed by atoms with van der Waals surface area (Å²) < 4.78 is 8.06. The molecule has 2 atom stereocenters. The Morgan fingerprint density at radius 1 is 1.35 bits per heavy atom. The van der Waals surface area contributed by atoms with Crippen LogP contribution in [-0.4, -0.2) is 51.1 Å². The summed E-state index contributed by atoms with van der Waals surface area (Å²) in [5.74, 6) is 1.70. The van der Waals surface area contributed by atoms with Crippen molar-refractivity contribution < 1.29 is 9.53 Å². The molecule has 2 aliphatic heterocycles. The Hall–Kier alpha value is -1.74. The molecular formula is C17H20BrN5O2S. The van der Waals surface area contributed by atoms with E-state index < -0.39 is 0 Å². The Kier molecular flexibility index (Phi) is 4.83. The molecular weight excluding hydrogens is 418 g/mol. The van der Waals surface area contributed by atoms with Gasteiger partial charge in [0.1, 0.15) is 16.8 Å². The molecule has 1 fully saturated rings. The third-order valence-electron chi connectivity index (χ3n) is 4.79. The van der Waals surface area contributed by atoms with Crippen LogP contribution in [0.1, 0.15) is 30.3 Å². The summed E-state index contributed by atoms with van der Waals surface area (Å²) in [6, 6.07) is 5.73. The van der Waals surface area contributed by atoms with Crippen LogP contribution in [0, 0.1) is 6.92 Å². The van der Waals surface area contributed by atoms with Crippen molar-refractivity contribution >= 4 is 33.6 Å². The summed E-state index contributed by atoms with van der Waals surface area (Å²) in [5.41, 5.74) is 4.46. The van der Waals surface area contributed by atoms with Gasteiger partial charge in [0.15, 0.2) is 0 Å². The number of hydrogen-bond donors (Lipinski definition) is 1. The number of methoxy groups -OCH3 is 1. The van der Waals surface area contributed by atoms with Gasteiger partial charge in [-0.15, -0.1) is 10.2 Å². The molecule has 9 heteroatoms. The normalized spacial score (nSPS) is 22.0. The van der Waals surface area contributed by atoms with Gasteiger partial charge in [-0.05, 0) is 53.4 Å². The van der Waals surface area contributed by atoms with E-state index in [0.29, 0.717) is 0 Å². The lowest BCUT2D eigenvalue weighted by molar-refractivity contribution is -0.129. The van der Waals surface area contributed by atoms with Gasteiger partial charge in [0.05, 0.1) is 17.6 Å². The smallest absolute Gasteiger partial charge is 0.238 e. The van der Waals surface area contributed by atoms with Crippen LogP contribution in [0.5, 0.6) is 5.75 Å². The Morgan fingerprint density at radius 2 is 2.12 bits per heavy atom. The third-order valence-corrected chi connectivity index (χ3v) is 6.62. The highest BCUT2D eigenvalue weighted by Gasteiger charge is 2.40. The Balaban J connectivity index is 1.71. The van der Waals surface area contributed by atoms with Crippen molar-refractivity contribution in [1.82, 2.24) is 19.8 Å². The van der Waals surface area contributed by atoms with Crippen LogP contribution in [-0.2, 0) is 4.79 Å². The number of aryl methyl sites for hydroxylation is 1. The van der Waals surface area contributed by atoms with Gasteiger partial charge in [-0.25, -0.2) is 4.68 Å². The zero-order chi connectivity index (χ0) is 18.3. The molecule has 7 nitrogen and oxygen atoms in total. The summed E-state index contributed by atoms with van der Waals surface area (Å²) in [4.78, 5) is 15.1. The molecule has 4 rings (SSSR count). The standard InChI is InChI=1S/C17H20BrN5O2S/c1-10-19-20-17-23(10)21-14(11-5-6-13(25-2)12(18)9-11)15(26-17)16(24)22-7-3-4-8-22/h5-6,9,14-15,21H,3-4,7-8H2,1-2H3. The van der Waals surface area contributed by atoms with Gasteiger partial charge >= 0.3 is 0 Å². The lowest BCUT2D eigenvalue weighted by atomic mass is 10.0. The number of benzene rings is 1. The minimum absolute atomic E-state index is 0.156. The molecule has 0 radical (unpaired) electrons. The van der Waals surface area contributed by atoms with Gasteiger partial charge in [0, 0.05) is 13.1 Å². The van der Waals surface area contributed by atoms with Gasteiger partial charge in [0.25, 0.3) is 0 Å². The first-order chi connectivity index (χ1) is 12.6. The van der Waals surface area contributed by atoms with E-state index in [2.05, 4.69) is 31.6 Å². The lowest BCUT2D eigenvalue weighted by Crippen LogP contribution is -2.45. The van der Waals surface area contributed by atoms with E-state index in [1.807, 2.05) is 34.7 Å². The molecule has 1 N–H and O–H groups in total. The highest BCUT2D eigenvalue weighted by atomic mass is 79.9. The summed E-state index contributed by atoms with van der Waals surface area (Å²) in [6.07, 6.45) is 2.15. The van der Waals surface area contributed by atoms with Crippen molar-refractivity contribution in [2.45, 2.75) is 36.2 Å². The van der Waals surface area contributed by atoms with Crippen molar-refractivity contribution in [3.05, 3.63) is 34.1 Å². The summed E-state index contributed by atoms with van der Waals surface area (Å²) in [7, 11) is 1.64. The minimum atomic E-state index is -0.288. The minimum Gasteiger partial charge on any atom is -0.496 e.